The number of aliphatic hydroxyl groups excluding tert-OH is 1. The second kappa shape index (κ2) is 6.19. The van der Waals surface area contributed by atoms with Gasteiger partial charge in [0.1, 0.15) is 0 Å². The summed E-state index contributed by atoms with van der Waals surface area (Å²) in [6, 6.07) is 4.70. The number of hydrogen-bond donors (Lipinski definition) is 1. The molecule has 0 bridgehead atoms. The summed E-state index contributed by atoms with van der Waals surface area (Å²) in [6.07, 6.45) is 8.09. The fourth-order valence-corrected chi connectivity index (χ4v) is 2.86. The van der Waals surface area contributed by atoms with E-state index in [0.29, 0.717) is 6.04 Å². The highest BCUT2D eigenvalue weighted by atomic mass is 16.3. The molecule has 1 aromatic rings. The lowest BCUT2D eigenvalue weighted by atomic mass is 9.94. The Morgan fingerprint density at radius 3 is 2.56 bits per heavy atom. The SMILES string of the molecule is CCN(c1ccc([C@H](C)O)nc1)C1CCCCC1. The van der Waals surface area contributed by atoms with Crippen LogP contribution in [0.15, 0.2) is 18.3 Å². The molecule has 3 nitrogen and oxygen atoms in total. The first-order valence-electron chi connectivity index (χ1n) is 7.13. The highest BCUT2D eigenvalue weighted by Gasteiger charge is 2.20. The lowest BCUT2D eigenvalue weighted by Gasteiger charge is -2.35. The van der Waals surface area contributed by atoms with E-state index in [1.807, 2.05) is 12.3 Å². The number of pyridine rings is 1. The number of rotatable bonds is 4. The number of hydrogen-bond acceptors (Lipinski definition) is 3. The van der Waals surface area contributed by atoms with Crippen molar-refractivity contribution in [1.29, 1.82) is 0 Å². The summed E-state index contributed by atoms with van der Waals surface area (Å²) >= 11 is 0. The van der Waals surface area contributed by atoms with E-state index in [1.54, 1.807) is 6.92 Å². The smallest absolute Gasteiger partial charge is 0.0931 e. The van der Waals surface area contributed by atoms with Crippen LogP contribution < -0.4 is 4.90 Å². The summed E-state index contributed by atoms with van der Waals surface area (Å²) in [5.74, 6) is 0. The predicted molar refractivity (Wildman–Crippen MR) is 74.8 cm³/mol. The van der Waals surface area contributed by atoms with Crippen LogP contribution in [0, 0.1) is 0 Å². The standard InChI is InChI=1S/C15H24N2O/c1-3-17(13-7-5-4-6-8-13)14-9-10-15(12(2)18)16-11-14/h9-13,18H,3-8H2,1-2H3/t12-/m0/s1. The van der Waals surface area contributed by atoms with Crippen LogP contribution in [0.5, 0.6) is 0 Å². The molecule has 0 aliphatic heterocycles. The third-order valence-corrected chi connectivity index (χ3v) is 3.89. The van der Waals surface area contributed by atoms with Crippen molar-refractivity contribution in [3.8, 4) is 0 Å². The summed E-state index contributed by atoms with van der Waals surface area (Å²) in [7, 11) is 0. The molecule has 2 rings (SSSR count). The number of nitrogens with zero attached hydrogens (tertiary/aromatic N) is 2. The Morgan fingerprint density at radius 1 is 1.33 bits per heavy atom. The molecule has 18 heavy (non-hydrogen) atoms. The van der Waals surface area contributed by atoms with E-state index in [2.05, 4.69) is 22.9 Å². The molecule has 1 heterocycles. The number of aliphatic hydroxyl groups is 1. The van der Waals surface area contributed by atoms with E-state index < -0.39 is 6.10 Å². The van der Waals surface area contributed by atoms with Gasteiger partial charge in [-0.05, 0) is 38.8 Å². The van der Waals surface area contributed by atoms with Gasteiger partial charge in [-0.3, -0.25) is 4.98 Å². The molecule has 0 amide bonds. The normalized spacial score (nSPS) is 18.6. The zero-order chi connectivity index (χ0) is 13.0. The minimum Gasteiger partial charge on any atom is -0.387 e. The largest absolute Gasteiger partial charge is 0.387 e. The maximum Gasteiger partial charge on any atom is 0.0931 e. The van der Waals surface area contributed by atoms with Crippen LogP contribution in [-0.2, 0) is 0 Å². The minimum atomic E-state index is -0.483. The van der Waals surface area contributed by atoms with Gasteiger partial charge in [0.2, 0.25) is 0 Å². The molecule has 0 spiro atoms. The molecule has 0 radical (unpaired) electrons. The Morgan fingerprint density at radius 2 is 2.06 bits per heavy atom. The third-order valence-electron chi connectivity index (χ3n) is 3.89. The summed E-state index contributed by atoms with van der Waals surface area (Å²) in [4.78, 5) is 6.81. The molecule has 1 saturated carbocycles. The van der Waals surface area contributed by atoms with Crippen molar-refractivity contribution in [3.05, 3.63) is 24.0 Å². The maximum atomic E-state index is 9.48. The lowest BCUT2D eigenvalue weighted by Crippen LogP contribution is -2.36. The van der Waals surface area contributed by atoms with Crippen molar-refractivity contribution >= 4 is 5.69 Å². The molecule has 1 N–H and O–H groups in total. The van der Waals surface area contributed by atoms with Crippen molar-refractivity contribution in [2.24, 2.45) is 0 Å². The molecule has 1 aliphatic rings. The molecule has 1 aliphatic carbocycles. The van der Waals surface area contributed by atoms with Gasteiger partial charge in [0.05, 0.1) is 23.7 Å². The minimum absolute atomic E-state index is 0.483. The van der Waals surface area contributed by atoms with E-state index in [1.165, 1.54) is 37.8 Å². The van der Waals surface area contributed by atoms with Gasteiger partial charge in [0.15, 0.2) is 0 Å². The van der Waals surface area contributed by atoms with Crippen LogP contribution in [0.4, 0.5) is 5.69 Å². The first kappa shape index (κ1) is 13.3. The summed E-state index contributed by atoms with van der Waals surface area (Å²) in [5.41, 5.74) is 1.94. The molecule has 1 fully saturated rings. The lowest BCUT2D eigenvalue weighted by molar-refractivity contribution is 0.194. The molecule has 0 saturated heterocycles. The second-order valence-electron chi connectivity index (χ2n) is 5.20. The topological polar surface area (TPSA) is 36.4 Å². The molecular formula is C15H24N2O. The number of aromatic nitrogens is 1. The Labute approximate surface area is 110 Å². The average Bonchev–Trinajstić information content (AvgIpc) is 2.41. The van der Waals surface area contributed by atoms with Crippen molar-refractivity contribution in [3.63, 3.8) is 0 Å². The van der Waals surface area contributed by atoms with Crippen molar-refractivity contribution < 1.29 is 5.11 Å². The summed E-state index contributed by atoms with van der Waals surface area (Å²) in [5, 5.41) is 9.48. The quantitative estimate of drug-likeness (QED) is 0.888. The van der Waals surface area contributed by atoms with Crippen LogP contribution in [0.2, 0.25) is 0 Å². The van der Waals surface area contributed by atoms with Gasteiger partial charge in [-0.2, -0.15) is 0 Å². The van der Waals surface area contributed by atoms with Gasteiger partial charge in [0.25, 0.3) is 0 Å². The summed E-state index contributed by atoms with van der Waals surface area (Å²) in [6.45, 7) is 4.98. The molecule has 3 heteroatoms. The van der Waals surface area contributed by atoms with E-state index in [4.69, 9.17) is 0 Å². The van der Waals surface area contributed by atoms with Gasteiger partial charge in [-0.1, -0.05) is 19.3 Å². The van der Waals surface area contributed by atoms with Gasteiger partial charge >= 0.3 is 0 Å². The number of anilines is 1. The zero-order valence-corrected chi connectivity index (χ0v) is 11.5. The summed E-state index contributed by atoms with van der Waals surface area (Å²) < 4.78 is 0. The van der Waals surface area contributed by atoms with Crippen molar-refractivity contribution in [1.82, 2.24) is 4.98 Å². The molecular weight excluding hydrogens is 224 g/mol. The van der Waals surface area contributed by atoms with E-state index in [0.717, 1.165) is 12.2 Å². The highest BCUT2D eigenvalue weighted by molar-refractivity contribution is 5.45. The zero-order valence-electron chi connectivity index (χ0n) is 11.5. The van der Waals surface area contributed by atoms with Crippen LogP contribution in [0.3, 0.4) is 0 Å². The van der Waals surface area contributed by atoms with Crippen LogP contribution in [-0.4, -0.2) is 22.7 Å². The first-order chi connectivity index (χ1) is 8.72. The molecule has 0 aromatic carbocycles. The molecule has 1 atom stereocenters. The fourth-order valence-electron chi connectivity index (χ4n) is 2.86. The molecule has 1 aromatic heterocycles. The highest BCUT2D eigenvalue weighted by Crippen LogP contribution is 2.27. The van der Waals surface area contributed by atoms with Gasteiger partial charge < -0.3 is 10.0 Å². The Hall–Kier alpha value is -1.09. The van der Waals surface area contributed by atoms with Crippen molar-refractivity contribution in [2.45, 2.75) is 58.1 Å². The monoisotopic (exact) mass is 248 g/mol. The maximum absolute atomic E-state index is 9.48. The fraction of sp³-hybridized carbons (Fsp3) is 0.667. The van der Waals surface area contributed by atoms with Gasteiger partial charge in [0, 0.05) is 12.6 Å². The molecule has 0 unspecified atom stereocenters. The van der Waals surface area contributed by atoms with Crippen LogP contribution in [0.25, 0.3) is 0 Å². The van der Waals surface area contributed by atoms with E-state index in [9.17, 15) is 5.11 Å². The Kier molecular flexibility index (Phi) is 4.59. The Bertz CT molecular complexity index is 355. The van der Waals surface area contributed by atoms with Crippen LogP contribution >= 0.6 is 0 Å². The van der Waals surface area contributed by atoms with Crippen molar-refractivity contribution in [2.75, 3.05) is 11.4 Å². The van der Waals surface area contributed by atoms with Gasteiger partial charge in [-0.25, -0.2) is 0 Å². The predicted octanol–water partition coefficient (Wildman–Crippen LogP) is 3.29. The van der Waals surface area contributed by atoms with E-state index >= 15 is 0 Å². The average molecular weight is 248 g/mol. The Balaban J connectivity index is 2.11. The second-order valence-corrected chi connectivity index (χ2v) is 5.20. The first-order valence-corrected chi connectivity index (χ1v) is 7.13. The third kappa shape index (κ3) is 3.02. The van der Waals surface area contributed by atoms with E-state index in [-0.39, 0.29) is 0 Å². The molecule has 100 valence electrons. The van der Waals surface area contributed by atoms with Crippen LogP contribution in [0.1, 0.15) is 57.7 Å². The van der Waals surface area contributed by atoms with Gasteiger partial charge in [-0.15, -0.1) is 0 Å².